The topological polar surface area (TPSA) is 43.4 Å². The summed E-state index contributed by atoms with van der Waals surface area (Å²) in [5, 5.41) is 0. The van der Waals surface area contributed by atoms with Crippen LogP contribution in [0.15, 0.2) is 47.4 Å². The van der Waals surface area contributed by atoms with Gasteiger partial charge in [-0.2, -0.15) is 0 Å². The Bertz CT molecular complexity index is 765. The molecule has 166 valence electrons. The van der Waals surface area contributed by atoms with E-state index < -0.39 is 9.84 Å². The highest BCUT2D eigenvalue weighted by atomic mass is 32.2. The van der Waals surface area contributed by atoms with Crippen LogP contribution in [0, 0.1) is 6.92 Å². The van der Waals surface area contributed by atoms with Crippen LogP contribution in [0.1, 0.15) is 73.8 Å². The van der Waals surface area contributed by atoms with Gasteiger partial charge in [-0.3, -0.25) is 0 Å². The summed E-state index contributed by atoms with van der Waals surface area (Å²) in [6.07, 6.45) is 2.15. The second-order valence-corrected chi connectivity index (χ2v) is 7.89. The Morgan fingerprint density at radius 3 is 1.93 bits per heavy atom. The Kier molecular flexibility index (Phi) is 17.3. The first-order valence-corrected chi connectivity index (χ1v) is 12.7. The summed E-state index contributed by atoms with van der Waals surface area (Å²) in [4.78, 5) is 0.374. The van der Waals surface area contributed by atoms with Crippen LogP contribution in [0.25, 0.3) is 11.1 Å². The highest BCUT2D eigenvalue weighted by molar-refractivity contribution is 7.91. The normalized spacial score (nSPS) is 9.69. The Morgan fingerprint density at radius 2 is 1.41 bits per heavy atom. The van der Waals surface area contributed by atoms with E-state index in [0.717, 1.165) is 41.9 Å². The third kappa shape index (κ3) is 9.98. The van der Waals surface area contributed by atoms with Gasteiger partial charge < -0.3 is 4.74 Å². The van der Waals surface area contributed by atoms with Crippen LogP contribution >= 0.6 is 0 Å². The van der Waals surface area contributed by atoms with Gasteiger partial charge in [-0.15, -0.1) is 0 Å². The zero-order valence-corrected chi connectivity index (χ0v) is 20.8. The van der Waals surface area contributed by atoms with E-state index in [4.69, 9.17) is 4.74 Å². The number of ether oxygens (including phenoxy) is 1. The summed E-state index contributed by atoms with van der Waals surface area (Å²) in [6, 6.07) is 13.1. The molecule has 0 aliphatic rings. The fourth-order valence-electron chi connectivity index (χ4n) is 2.35. The first-order valence-electron chi connectivity index (χ1n) is 11.0. The number of unbranched alkanes of at least 4 members (excludes halogenated alkanes) is 1. The summed E-state index contributed by atoms with van der Waals surface area (Å²) in [5.74, 6) is 0.999. The molecule has 0 bridgehead atoms. The molecular weight excluding hydrogens is 380 g/mol. The Morgan fingerprint density at radius 1 is 0.828 bits per heavy atom. The molecule has 0 aliphatic heterocycles. The monoisotopic (exact) mass is 422 g/mol. The Hall–Kier alpha value is -1.81. The third-order valence-electron chi connectivity index (χ3n) is 3.84. The van der Waals surface area contributed by atoms with E-state index in [-0.39, 0.29) is 5.75 Å². The molecule has 0 unspecified atom stereocenters. The first kappa shape index (κ1) is 29.4. The quantitative estimate of drug-likeness (QED) is 0.429. The number of sulfone groups is 1. The fourth-order valence-corrected chi connectivity index (χ4v) is 3.28. The maximum Gasteiger partial charge on any atom is 0.178 e. The van der Waals surface area contributed by atoms with Crippen molar-refractivity contribution in [3.05, 3.63) is 48.0 Å². The van der Waals surface area contributed by atoms with Crippen LogP contribution in [-0.2, 0) is 9.84 Å². The molecule has 0 spiro atoms. The van der Waals surface area contributed by atoms with E-state index >= 15 is 0 Å². The molecule has 2 rings (SSSR count). The van der Waals surface area contributed by atoms with Crippen molar-refractivity contribution in [1.82, 2.24) is 0 Å². The van der Waals surface area contributed by atoms with Crippen LogP contribution in [0.4, 0.5) is 0 Å². The maximum absolute atomic E-state index is 12.0. The molecule has 4 heteroatoms. The van der Waals surface area contributed by atoms with Gasteiger partial charge in [0.15, 0.2) is 9.84 Å². The lowest BCUT2D eigenvalue weighted by Gasteiger charge is -2.11. The smallest absolute Gasteiger partial charge is 0.178 e. The predicted octanol–water partition coefficient (Wildman–Crippen LogP) is 7.71. The predicted molar refractivity (Wildman–Crippen MR) is 129 cm³/mol. The van der Waals surface area contributed by atoms with Crippen molar-refractivity contribution in [3.63, 3.8) is 0 Å². The van der Waals surface area contributed by atoms with Crippen molar-refractivity contribution in [1.29, 1.82) is 0 Å². The largest absolute Gasteiger partial charge is 0.493 e. The number of aryl methyl sites for hydroxylation is 1. The summed E-state index contributed by atoms with van der Waals surface area (Å²) in [7, 11) is -3.19. The van der Waals surface area contributed by atoms with Gasteiger partial charge >= 0.3 is 0 Å². The Balaban J connectivity index is 0. The summed E-state index contributed by atoms with van der Waals surface area (Å²) in [5.41, 5.74) is 2.96. The lowest BCUT2D eigenvalue weighted by atomic mass is 10.0. The zero-order chi connectivity index (χ0) is 22.9. The Labute approximate surface area is 180 Å². The molecule has 0 atom stereocenters. The van der Waals surface area contributed by atoms with Gasteiger partial charge in [-0.05, 0) is 54.3 Å². The molecule has 0 saturated heterocycles. The van der Waals surface area contributed by atoms with Crippen molar-refractivity contribution < 1.29 is 13.2 Å². The van der Waals surface area contributed by atoms with Crippen LogP contribution in [0.2, 0.25) is 0 Å². The molecule has 2 aromatic carbocycles. The first-order chi connectivity index (χ1) is 14.0. The van der Waals surface area contributed by atoms with Gasteiger partial charge in [0.05, 0.1) is 17.3 Å². The van der Waals surface area contributed by atoms with Crippen LogP contribution < -0.4 is 4.74 Å². The molecule has 2 aromatic rings. The molecule has 0 heterocycles. The third-order valence-corrected chi connectivity index (χ3v) is 5.57. The minimum atomic E-state index is -3.19. The standard InChI is InChI=1S/C19H24O3S.3C2H6/c1-4-6-12-22-19-11-10-17(13-15(19)3)16-8-7-9-18(14-16)23(20,21)5-2;3*1-2/h7-11,13-14H,4-6,12H2,1-3H3;3*1-2H3. The van der Waals surface area contributed by atoms with Gasteiger partial charge in [-0.1, -0.05) is 80.0 Å². The summed E-state index contributed by atoms with van der Waals surface area (Å²) < 4.78 is 29.8. The van der Waals surface area contributed by atoms with Crippen LogP contribution in [0.3, 0.4) is 0 Å². The van der Waals surface area contributed by atoms with E-state index in [1.54, 1.807) is 25.1 Å². The van der Waals surface area contributed by atoms with Gasteiger partial charge in [0.25, 0.3) is 0 Å². The number of rotatable bonds is 7. The van der Waals surface area contributed by atoms with Crippen molar-refractivity contribution in [2.24, 2.45) is 0 Å². The van der Waals surface area contributed by atoms with Gasteiger partial charge in [0.2, 0.25) is 0 Å². The number of hydrogen-bond acceptors (Lipinski definition) is 3. The molecule has 3 nitrogen and oxygen atoms in total. The van der Waals surface area contributed by atoms with E-state index in [2.05, 4.69) is 6.92 Å². The van der Waals surface area contributed by atoms with Crippen molar-refractivity contribution >= 4 is 9.84 Å². The molecule has 29 heavy (non-hydrogen) atoms. The van der Waals surface area contributed by atoms with E-state index in [9.17, 15) is 8.42 Å². The highest BCUT2D eigenvalue weighted by Gasteiger charge is 2.12. The van der Waals surface area contributed by atoms with Gasteiger partial charge in [-0.25, -0.2) is 8.42 Å². The highest BCUT2D eigenvalue weighted by Crippen LogP contribution is 2.28. The SMILES string of the molecule is CC.CC.CC.CCCCOc1ccc(-c2cccc(S(=O)(=O)CC)c2)cc1C. The molecule has 0 radical (unpaired) electrons. The number of hydrogen-bond donors (Lipinski definition) is 0. The van der Waals surface area contributed by atoms with Crippen LogP contribution in [0.5, 0.6) is 5.75 Å². The van der Waals surface area contributed by atoms with Gasteiger partial charge in [0.1, 0.15) is 5.75 Å². The van der Waals surface area contributed by atoms with Crippen molar-refractivity contribution in [3.8, 4) is 16.9 Å². The summed E-state index contributed by atoms with van der Waals surface area (Å²) in [6.45, 7) is 18.5. The molecule has 0 saturated carbocycles. The molecular formula is C25H42O3S. The zero-order valence-electron chi connectivity index (χ0n) is 20.0. The minimum absolute atomic E-state index is 0.111. The van der Waals surface area contributed by atoms with Gasteiger partial charge in [0, 0.05) is 0 Å². The lowest BCUT2D eigenvalue weighted by Crippen LogP contribution is -2.03. The molecule has 0 amide bonds. The number of benzene rings is 2. The minimum Gasteiger partial charge on any atom is -0.493 e. The van der Waals surface area contributed by atoms with Crippen molar-refractivity contribution in [2.45, 2.75) is 80.1 Å². The summed E-state index contributed by atoms with van der Waals surface area (Å²) >= 11 is 0. The average Bonchev–Trinajstić information content (AvgIpc) is 2.79. The lowest BCUT2D eigenvalue weighted by molar-refractivity contribution is 0.307. The van der Waals surface area contributed by atoms with E-state index in [0.29, 0.717) is 4.90 Å². The second kappa shape index (κ2) is 17.1. The molecule has 0 aromatic heterocycles. The molecule has 0 aliphatic carbocycles. The van der Waals surface area contributed by atoms with Crippen molar-refractivity contribution in [2.75, 3.05) is 12.4 Å². The maximum atomic E-state index is 12.0. The average molecular weight is 423 g/mol. The van der Waals surface area contributed by atoms with E-state index in [1.807, 2.05) is 72.7 Å². The molecule has 0 N–H and O–H groups in total. The van der Waals surface area contributed by atoms with Crippen LogP contribution in [-0.4, -0.2) is 20.8 Å². The van der Waals surface area contributed by atoms with E-state index in [1.165, 1.54) is 0 Å². The second-order valence-electron chi connectivity index (χ2n) is 5.61. The molecule has 0 fully saturated rings. The fraction of sp³-hybridized carbons (Fsp3) is 0.520.